The molecule has 0 radical (unpaired) electrons. The average molecular weight is 257 g/mol. The maximum absolute atomic E-state index is 11.7. The molecule has 0 spiro atoms. The van der Waals surface area contributed by atoms with Crippen molar-refractivity contribution in [1.29, 1.82) is 0 Å². The van der Waals surface area contributed by atoms with Gasteiger partial charge in [0.05, 0.1) is 12.5 Å². The molecular formula is C16H19NO2. The highest BCUT2D eigenvalue weighted by molar-refractivity contribution is 5.94. The second-order valence-corrected chi connectivity index (χ2v) is 5.26. The summed E-state index contributed by atoms with van der Waals surface area (Å²) in [6.07, 6.45) is 0. The Hall–Kier alpha value is -2.03. The van der Waals surface area contributed by atoms with E-state index in [-0.39, 0.29) is 5.97 Å². The first-order chi connectivity index (χ1) is 9.04. The molecule has 0 amide bonds. The molecule has 0 atom stereocenters. The predicted octanol–water partition coefficient (Wildman–Crippen LogP) is 3.45. The summed E-state index contributed by atoms with van der Waals surface area (Å²) in [4.78, 5) is 11.7. The number of benzene rings is 2. The molecule has 3 heteroatoms. The van der Waals surface area contributed by atoms with Crippen molar-refractivity contribution in [1.82, 2.24) is 0 Å². The fraction of sp³-hybridized carbons (Fsp3) is 0.312. The Balaban J connectivity index is 2.21. The van der Waals surface area contributed by atoms with Crippen LogP contribution in [0.5, 0.6) is 0 Å². The van der Waals surface area contributed by atoms with E-state index in [1.54, 1.807) is 0 Å². The number of esters is 1. The van der Waals surface area contributed by atoms with E-state index in [4.69, 9.17) is 4.74 Å². The average Bonchev–Trinajstić information content (AvgIpc) is 2.44. The van der Waals surface area contributed by atoms with Gasteiger partial charge in [0.25, 0.3) is 0 Å². The molecule has 2 rings (SSSR count). The third-order valence-electron chi connectivity index (χ3n) is 3.25. The zero-order valence-electron chi connectivity index (χ0n) is 11.6. The number of hydrogen-bond acceptors (Lipinski definition) is 3. The molecule has 2 aromatic rings. The van der Waals surface area contributed by atoms with E-state index in [0.717, 1.165) is 11.1 Å². The van der Waals surface area contributed by atoms with Gasteiger partial charge in [-0.25, -0.2) is 0 Å². The van der Waals surface area contributed by atoms with Crippen molar-refractivity contribution in [3.63, 3.8) is 0 Å². The maximum Gasteiger partial charge on any atom is 0.313 e. The molecule has 3 nitrogen and oxygen atoms in total. The lowest BCUT2D eigenvalue weighted by Gasteiger charge is -2.23. The number of methoxy groups -OCH3 is 1. The Morgan fingerprint density at radius 1 is 1.16 bits per heavy atom. The van der Waals surface area contributed by atoms with Crippen LogP contribution in [0.15, 0.2) is 42.5 Å². The molecule has 0 fully saturated rings. The minimum absolute atomic E-state index is 0.208. The van der Waals surface area contributed by atoms with Crippen LogP contribution >= 0.6 is 0 Å². The lowest BCUT2D eigenvalue weighted by Crippen LogP contribution is -2.33. The Morgan fingerprint density at radius 3 is 2.58 bits per heavy atom. The molecule has 1 N–H and O–H groups in total. The summed E-state index contributed by atoms with van der Waals surface area (Å²) in [5, 5.41) is 5.68. The summed E-state index contributed by atoms with van der Waals surface area (Å²) >= 11 is 0. The standard InChI is InChI=1S/C16H19NO2/c1-16(2,15(18)19-3)11-17-14-10-6-8-12-7-4-5-9-13(12)14/h4-10,17H,11H2,1-3H3. The van der Waals surface area contributed by atoms with Crippen molar-refractivity contribution >= 4 is 22.4 Å². The van der Waals surface area contributed by atoms with Gasteiger partial charge in [0, 0.05) is 17.6 Å². The summed E-state index contributed by atoms with van der Waals surface area (Å²) in [7, 11) is 1.42. The molecule has 0 bridgehead atoms. The highest BCUT2D eigenvalue weighted by atomic mass is 16.5. The lowest BCUT2D eigenvalue weighted by atomic mass is 9.93. The van der Waals surface area contributed by atoms with Crippen LogP contribution in [-0.4, -0.2) is 19.6 Å². The Morgan fingerprint density at radius 2 is 1.84 bits per heavy atom. The highest BCUT2D eigenvalue weighted by Gasteiger charge is 2.28. The van der Waals surface area contributed by atoms with Crippen molar-refractivity contribution < 1.29 is 9.53 Å². The smallest absolute Gasteiger partial charge is 0.313 e. The van der Waals surface area contributed by atoms with E-state index in [2.05, 4.69) is 23.5 Å². The number of nitrogens with one attached hydrogen (secondary N) is 1. The molecule has 2 aromatic carbocycles. The van der Waals surface area contributed by atoms with Crippen molar-refractivity contribution in [3.05, 3.63) is 42.5 Å². The fourth-order valence-electron chi connectivity index (χ4n) is 2.04. The zero-order valence-corrected chi connectivity index (χ0v) is 11.6. The summed E-state index contributed by atoms with van der Waals surface area (Å²) in [5.41, 5.74) is 0.487. The first-order valence-corrected chi connectivity index (χ1v) is 6.34. The van der Waals surface area contributed by atoms with Crippen LogP contribution in [0.2, 0.25) is 0 Å². The molecule has 0 aliphatic rings. The number of ether oxygens (including phenoxy) is 1. The normalized spacial score (nSPS) is 11.3. The first kappa shape index (κ1) is 13.4. The SMILES string of the molecule is COC(=O)C(C)(C)CNc1cccc2ccccc12. The topological polar surface area (TPSA) is 38.3 Å². The molecule has 0 unspecified atom stereocenters. The van der Waals surface area contributed by atoms with Crippen LogP contribution < -0.4 is 5.32 Å². The van der Waals surface area contributed by atoms with Gasteiger partial charge in [-0.15, -0.1) is 0 Å². The number of fused-ring (bicyclic) bond motifs is 1. The van der Waals surface area contributed by atoms with Gasteiger partial charge in [-0.2, -0.15) is 0 Å². The summed E-state index contributed by atoms with van der Waals surface area (Å²) in [6.45, 7) is 4.28. The maximum atomic E-state index is 11.7. The number of rotatable bonds is 4. The van der Waals surface area contributed by atoms with Gasteiger partial charge >= 0.3 is 5.97 Å². The largest absolute Gasteiger partial charge is 0.469 e. The van der Waals surface area contributed by atoms with Crippen LogP contribution in [0.1, 0.15) is 13.8 Å². The molecule has 0 aromatic heterocycles. The fourth-order valence-corrected chi connectivity index (χ4v) is 2.04. The van der Waals surface area contributed by atoms with Gasteiger partial charge in [-0.1, -0.05) is 36.4 Å². The van der Waals surface area contributed by atoms with Gasteiger partial charge in [-0.05, 0) is 25.3 Å². The first-order valence-electron chi connectivity index (χ1n) is 6.34. The van der Waals surface area contributed by atoms with Crippen LogP contribution in [0, 0.1) is 5.41 Å². The van der Waals surface area contributed by atoms with E-state index in [1.807, 2.05) is 38.1 Å². The third kappa shape index (κ3) is 2.87. The summed E-state index contributed by atoms with van der Waals surface area (Å²) in [6, 6.07) is 14.3. The summed E-state index contributed by atoms with van der Waals surface area (Å²) in [5.74, 6) is -0.208. The second-order valence-electron chi connectivity index (χ2n) is 5.26. The molecular weight excluding hydrogens is 238 g/mol. The minimum atomic E-state index is -0.550. The van der Waals surface area contributed by atoms with E-state index in [1.165, 1.54) is 12.5 Å². The van der Waals surface area contributed by atoms with E-state index < -0.39 is 5.41 Å². The Labute approximate surface area is 113 Å². The minimum Gasteiger partial charge on any atom is -0.469 e. The van der Waals surface area contributed by atoms with E-state index in [9.17, 15) is 4.79 Å². The van der Waals surface area contributed by atoms with Crippen molar-refractivity contribution in [3.8, 4) is 0 Å². The molecule has 0 aliphatic heterocycles. The highest BCUT2D eigenvalue weighted by Crippen LogP contribution is 2.25. The molecule has 0 saturated heterocycles. The van der Waals surface area contributed by atoms with Crippen LogP contribution in [-0.2, 0) is 9.53 Å². The van der Waals surface area contributed by atoms with Crippen molar-refractivity contribution in [2.24, 2.45) is 5.41 Å². The van der Waals surface area contributed by atoms with Crippen molar-refractivity contribution in [2.45, 2.75) is 13.8 Å². The zero-order chi connectivity index (χ0) is 13.9. The van der Waals surface area contributed by atoms with E-state index >= 15 is 0 Å². The number of carbonyl (C=O) groups is 1. The number of carbonyl (C=O) groups excluding carboxylic acids is 1. The molecule has 0 saturated carbocycles. The molecule has 0 heterocycles. The molecule has 100 valence electrons. The Kier molecular flexibility index (Phi) is 3.74. The lowest BCUT2D eigenvalue weighted by molar-refractivity contribution is -0.149. The molecule has 0 aliphatic carbocycles. The quantitative estimate of drug-likeness (QED) is 0.852. The van der Waals surface area contributed by atoms with Gasteiger partial charge < -0.3 is 10.1 Å². The van der Waals surface area contributed by atoms with Gasteiger partial charge in [0.2, 0.25) is 0 Å². The van der Waals surface area contributed by atoms with Gasteiger partial charge in [0.1, 0.15) is 0 Å². The van der Waals surface area contributed by atoms with Gasteiger partial charge in [-0.3, -0.25) is 4.79 Å². The number of hydrogen-bond donors (Lipinski definition) is 1. The third-order valence-corrected chi connectivity index (χ3v) is 3.25. The molecule has 19 heavy (non-hydrogen) atoms. The van der Waals surface area contributed by atoms with Crippen molar-refractivity contribution in [2.75, 3.05) is 19.0 Å². The van der Waals surface area contributed by atoms with E-state index in [0.29, 0.717) is 6.54 Å². The predicted molar refractivity (Wildman–Crippen MR) is 78.2 cm³/mol. The second kappa shape index (κ2) is 5.31. The van der Waals surface area contributed by atoms with Gasteiger partial charge in [0.15, 0.2) is 0 Å². The monoisotopic (exact) mass is 257 g/mol. The van der Waals surface area contributed by atoms with Crippen LogP contribution in [0.3, 0.4) is 0 Å². The van der Waals surface area contributed by atoms with Crippen LogP contribution in [0.25, 0.3) is 10.8 Å². The summed E-state index contributed by atoms with van der Waals surface area (Å²) < 4.78 is 4.81. The number of anilines is 1. The van der Waals surface area contributed by atoms with Crippen LogP contribution in [0.4, 0.5) is 5.69 Å². The Bertz CT molecular complexity index is 585.